The summed E-state index contributed by atoms with van der Waals surface area (Å²) in [6.07, 6.45) is 0. The van der Waals surface area contributed by atoms with E-state index in [-0.39, 0.29) is 16.1 Å². The van der Waals surface area contributed by atoms with Crippen LogP contribution in [0.1, 0.15) is 15.4 Å². The molecule has 146 valence electrons. The van der Waals surface area contributed by atoms with Crippen LogP contribution < -0.4 is 10.0 Å². The molecule has 1 amide bonds. The summed E-state index contributed by atoms with van der Waals surface area (Å²) >= 11 is 1.54. The topological polar surface area (TPSA) is 88.2 Å². The van der Waals surface area contributed by atoms with Crippen LogP contribution in [-0.4, -0.2) is 19.3 Å². The summed E-state index contributed by atoms with van der Waals surface area (Å²) < 4.78 is 28.7. The Kier molecular flexibility index (Phi) is 5.04. The quantitative estimate of drug-likeness (QED) is 0.489. The fourth-order valence-corrected chi connectivity index (χ4v) is 4.86. The number of hydrogen-bond donors (Lipinski definition) is 2. The third-order valence-corrected chi connectivity index (χ3v) is 6.54. The number of hydrogen-bond acceptors (Lipinski definition) is 5. The molecule has 2 N–H and O–H groups in total. The SMILES string of the molecule is Cc1nc2ccc(NC(=O)c3ccccc3NS(=O)(=O)c3ccccc3)cc2s1. The standard InChI is InChI=1S/C21H17N3O3S2/c1-14-22-19-12-11-15(13-20(19)28-14)23-21(25)17-9-5-6-10-18(17)24-29(26,27)16-7-3-2-4-8-16/h2-13,24H,1H3,(H,23,25). The summed E-state index contributed by atoms with van der Waals surface area (Å²) in [6, 6.07) is 20.0. The highest BCUT2D eigenvalue weighted by Gasteiger charge is 2.18. The zero-order valence-corrected chi connectivity index (χ0v) is 17.0. The van der Waals surface area contributed by atoms with Crippen molar-refractivity contribution in [1.82, 2.24) is 4.98 Å². The van der Waals surface area contributed by atoms with E-state index in [1.54, 1.807) is 59.9 Å². The fraction of sp³-hybridized carbons (Fsp3) is 0.0476. The van der Waals surface area contributed by atoms with Crippen molar-refractivity contribution >= 4 is 48.9 Å². The summed E-state index contributed by atoms with van der Waals surface area (Å²) in [5.41, 5.74) is 1.93. The molecular weight excluding hydrogens is 406 g/mol. The minimum absolute atomic E-state index is 0.126. The van der Waals surface area contributed by atoms with Crippen LogP contribution in [0.4, 0.5) is 11.4 Å². The highest BCUT2D eigenvalue weighted by molar-refractivity contribution is 7.92. The number of nitrogens with zero attached hydrogens (tertiary/aromatic N) is 1. The average Bonchev–Trinajstić information content (AvgIpc) is 3.08. The maximum Gasteiger partial charge on any atom is 0.261 e. The molecule has 0 aliphatic heterocycles. The van der Waals surface area contributed by atoms with Gasteiger partial charge in [0.15, 0.2) is 0 Å². The van der Waals surface area contributed by atoms with E-state index in [9.17, 15) is 13.2 Å². The molecule has 0 aliphatic rings. The molecule has 0 fully saturated rings. The van der Waals surface area contributed by atoms with Gasteiger partial charge in [-0.15, -0.1) is 11.3 Å². The minimum Gasteiger partial charge on any atom is -0.322 e. The van der Waals surface area contributed by atoms with Crippen LogP contribution in [-0.2, 0) is 10.0 Å². The van der Waals surface area contributed by atoms with Gasteiger partial charge in [-0.2, -0.15) is 0 Å². The first-order valence-electron chi connectivity index (χ1n) is 8.78. The number of nitrogens with one attached hydrogen (secondary N) is 2. The Morgan fingerprint density at radius 2 is 1.69 bits per heavy atom. The largest absolute Gasteiger partial charge is 0.322 e. The van der Waals surface area contributed by atoms with Gasteiger partial charge < -0.3 is 5.32 Å². The maximum atomic E-state index is 12.8. The molecule has 3 aromatic carbocycles. The zero-order chi connectivity index (χ0) is 20.4. The number of fused-ring (bicyclic) bond motifs is 1. The molecule has 0 saturated carbocycles. The molecule has 0 unspecified atom stereocenters. The normalized spacial score (nSPS) is 11.3. The number of carbonyl (C=O) groups excluding carboxylic acids is 1. The van der Waals surface area contributed by atoms with Crippen LogP contribution in [0.2, 0.25) is 0 Å². The lowest BCUT2D eigenvalue weighted by Crippen LogP contribution is -2.18. The van der Waals surface area contributed by atoms with E-state index in [1.165, 1.54) is 12.1 Å². The number of anilines is 2. The molecule has 0 atom stereocenters. The second kappa shape index (κ2) is 7.65. The molecular formula is C21H17N3O3S2. The number of carbonyl (C=O) groups is 1. The van der Waals surface area contributed by atoms with Gasteiger partial charge in [-0.3, -0.25) is 9.52 Å². The number of benzene rings is 3. The van der Waals surface area contributed by atoms with Gasteiger partial charge in [0, 0.05) is 5.69 Å². The number of aromatic nitrogens is 1. The van der Waals surface area contributed by atoms with Crippen LogP contribution in [0, 0.1) is 6.92 Å². The van der Waals surface area contributed by atoms with Crippen LogP contribution in [0.5, 0.6) is 0 Å². The van der Waals surface area contributed by atoms with E-state index in [0.29, 0.717) is 5.69 Å². The molecule has 1 aromatic heterocycles. The van der Waals surface area contributed by atoms with Gasteiger partial charge in [0.2, 0.25) is 0 Å². The predicted molar refractivity (Wildman–Crippen MR) is 116 cm³/mol. The summed E-state index contributed by atoms with van der Waals surface area (Å²) in [6.45, 7) is 1.93. The Balaban J connectivity index is 1.61. The third kappa shape index (κ3) is 4.13. The van der Waals surface area contributed by atoms with E-state index in [1.807, 2.05) is 19.1 Å². The zero-order valence-electron chi connectivity index (χ0n) is 15.4. The number of rotatable bonds is 5. The van der Waals surface area contributed by atoms with E-state index in [2.05, 4.69) is 15.0 Å². The monoisotopic (exact) mass is 423 g/mol. The average molecular weight is 424 g/mol. The number of aryl methyl sites for hydroxylation is 1. The van der Waals surface area contributed by atoms with Crippen molar-refractivity contribution in [3.05, 3.63) is 83.4 Å². The number of amides is 1. The van der Waals surface area contributed by atoms with Crippen LogP contribution >= 0.6 is 11.3 Å². The van der Waals surface area contributed by atoms with Gasteiger partial charge in [-0.25, -0.2) is 13.4 Å². The van der Waals surface area contributed by atoms with E-state index < -0.39 is 15.9 Å². The molecule has 4 rings (SSSR count). The Hall–Kier alpha value is -3.23. The van der Waals surface area contributed by atoms with Crippen molar-refractivity contribution in [2.24, 2.45) is 0 Å². The summed E-state index contributed by atoms with van der Waals surface area (Å²) in [7, 11) is -3.80. The molecule has 1 heterocycles. The van der Waals surface area contributed by atoms with Gasteiger partial charge in [0.1, 0.15) is 0 Å². The molecule has 6 nitrogen and oxygen atoms in total. The Labute approximate surface area is 172 Å². The van der Waals surface area contributed by atoms with Crippen LogP contribution in [0.3, 0.4) is 0 Å². The van der Waals surface area contributed by atoms with Crippen molar-refractivity contribution in [3.8, 4) is 0 Å². The summed E-state index contributed by atoms with van der Waals surface area (Å²) in [4.78, 5) is 17.4. The van der Waals surface area contributed by atoms with Crippen molar-refractivity contribution < 1.29 is 13.2 Å². The third-order valence-electron chi connectivity index (χ3n) is 4.22. The lowest BCUT2D eigenvalue weighted by molar-refractivity contribution is 0.102. The smallest absolute Gasteiger partial charge is 0.261 e. The number of para-hydroxylation sites is 1. The van der Waals surface area contributed by atoms with Gasteiger partial charge in [0.05, 0.1) is 31.4 Å². The second-order valence-electron chi connectivity index (χ2n) is 6.33. The Morgan fingerprint density at radius 1 is 0.966 bits per heavy atom. The predicted octanol–water partition coefficient (Wildman–Crippen LogP) is 4.66. The van der Waals surface area contributed by atoms with Crippen LogP contribution in [0.25, 0.3) is 10.2 Å². The first kappa shape index (κ1) is 19.1. The molecule has 0 aliphatic carbocycles. The second-order valence-corrected chi connectivity index (χ2v) is 9.25. The molecule has 0 radical (unpaired) electrons. The molecule has 0 bridgehead atoms. The molecule has 4 aromatic rings. The molecule has 0 saturated heterocycles. The van der Waals surface area contributed by atoms with Crippen molar-refractivity contribution in [3.63, 3.8) is 0 Å². The molecule has 29 heavy (non-hydrogen) atoms. The number of thiazole rings is 1. The first-order chi connectivity index (χ1) is 13.9. The van der Waals surface area contributed by atoms with Crippen molar-refractivity contribution in [1.29, 1.82) is 0 Å². The van der Waals surface area contributed by atoms with Gasteiger partial charge in [-0.1, -0.05) is 30.3 Å². The molecule has 8 heteroatoms. The van der Waals surface area contributed by atoms with Crippen molar-refractivity contribution in [2.75, 3.05) is 10.0 Å². The van der Waals surface area contributed by atoms with E-state index in [4.69, 9.17) is 0 Å². The van der Waals surface area contributed by atoms with E-state index in [0.717, 1.165) is 15.2 Å². The lowest BCUT2D eigenvalue weighted by atomic mass is 10.1. The summed E-state index contributed by atoms with van der Waals surface area (Å²) in [5.74, 6) is -0.406. The maximum absolute atomic E-state index is 12.8. The number of sulfonamides is 1. The minimum atomic E-state index is -3.80. The summed E-state index contributed by atoms with van der Waals surface area (Å²) in [5, 5.41) is 3.78. The highest BCUT2D eigenvalue weighted by atomic mass is 32.2. The molecule has 0 spiro atoms. The van der Waals surface area contributed by atoms with E-state index >= 15 is 0 Å². The van der Waals surface area contributed by atoms with Gasteiger partial charge in [-0.05, 0) is 49.4 Å². The lowest BCUT2D eigenvalue weighted by Gasteiger charge is -2.13. The van der Waals surface area contributed by atoms with Crippen LogP contribution in [0.15, 0.2) is 77.7 Å². The first-order valence-corrected chi connectivity index (χ1v) is 11.1. The fourth-order valence-electron chi connectivity index (χ4n) is 2.89. The van der Waals surface area contributed by atoms with Crippen molar-refractivity contribution in [2.45, 2.75) is 11.8 Å². The highest BCUT2D eigenvalue weighted by Crippen LogP contribution is 2.26. The Morgan fingerprint density at radius 3 is 2.48 bits per heavy atom. The Bertz CT molecular complexity index is 1300. The van der Waals surface area contributed by atoms with Gasteiger partial charge in [0.25, 0.3) is 15.9 Å². The van der Waals surface area contributed by atoms with Gasteiger partial charge >= 0.3 is 0 Å².